The smallest absolute Gasteiger partial charge is 0.0689 e. The molecular formula is C13H27NO2. The fourth-order valence-electron chi connectivity index (χ4n) is 2.05. The highest BCUT2D eigenvalue weighted by atomic mass is 16.5. The molecular weight excluding hydrogens is 202 g/mol. The average molecular weight is 229 g/mol. The topological polar surface area (TPSA) is 41.5 Å². The molecule has 0 aromatic heterocycles. The first kappa shape index (κ1) is 13.9. The van der Waals surface area contributed by atoms with E-state index in [1.807, 2.05) is 0 Å². The Bertz CT molecular complexity index is 220. The van der Waals surface area contributed by atoms with Crippen molar-refractivity contribution >= 4 is 0 Å². The van der Waals surface area contributed by atoms with Crippen LogP contribution in [-0.4, -0.2) is 35.0 Å². The van der Waals surface area contributed by atoms with Crippen molar-refractivity contribution in [1.29, 1.82) is 0 Å². The Hall–Kier alpha value is -0.120. The molecule has 2 atom stereocenters. The van der Waals surface area contributed by atoms with Crippen LogP contribution in [0.5, 0.6) is 0 Å². The van der Waals surface area contributed by atoms with E-state index >= 15 is 0 Å². The van der Waals surface area contributed by atoms with Gasteiger partial charge in [-0.3, -0.25) is 0 Å². The standard InChI is InChI=1S/C13H27NO2/c1-12(2,3)14-9-10(15)8-11-6-7-13(4,5)16-11/h10-11,14-15H,6-9H2,1-5H3. The van der Waals surface area contributed by atoms with Gasteiger partial charge in [-0.15, -0.1) is 0 Å². The van der Waals surface area contributed by atoms with Crippen molar-refractivity contribution in [2.45, 2.75) is 77.2 Å². The van der Waals surface area contributed by atoms with Gasteiger partial charge in [0.25, 0.3) is 0 Å². The van der Waals surface area contributed by atoms with Crippen LogP contribution in [-0.2, 0) is 4.74 Å². The number of hydrogen-bond donors (Lipinski definition) is 2. The molecule has 0 aromatic carbocycles. The van der Waals surface area contributed by atoms with Gasteiger partial charge < -0.3 is 15.2 Å². The molecule has 1 fully saturated rings. The largest absolute Gasteiger partial charge is 0.392 e. The minimum atomic E-state index is -0.307. The van der Waals surface area contributed by atoms with Crippen molar-refractivity contribution < 1.29 is 9.84 Å². The normalized spacial score (nSPS) is 27.0. The lowest BCUT2D eigenvalue weighted by Gasteiger charge is -2.25. The molecule has 0 aromatic rings. The van der Waals surface area contributed by atoms with Crippen LogP contribution >= 0.6 is 0 Å². The van der Waals surface area contributed by atoms with Crippen molar-refractivity contribution in [3.63, 3.8) is 0 Å². The Labute approximate surface area is 99.6 Å². The summed E-state index contributed by atoms with van der Waals surface area (Å²) in [6.07, 6.45) is 2.83. The Kier molecular flexibility index (Phi) is 4.38. The van der Waals surface area contributed by atoms with E-state index in [1.165, 1.54) is 0 Å². The summed E-state index contributed by atoms with van der Waals surface area (Å²) in [5.41, 5.74) is 0.0681. The van der Waals surface area contributed by atoms with Crippen molar-refractivity contribution in [3.05, 3.63) is 0 Å². The summed E-state index contributed by atoms with van der Waals surface area (Å²) in [5.74, 6) is 0. The summed E-state index contributed by atoms with van der Waals surface area (Å²) in [4.78, 5) is 0. The number of nitrogens with one attached hydrogen (secondary N) is 1. The number of aliphatic hydroxyl groups excluding tert-OH is 1. The molecule has 0 bridgehead atoms. The fourth-order valence-corrected chi connectivity index (χ4v) is 2.05. The van der Waals surface area contributed by atoms with Crippen LogP contribution in [0.15, 0.2) is 0 Å². The molecule has 0 aliphatic carbocycles. The summed E-state index contributed by atoms with van der Waals surface area (Å²) in [5, 5.41) is 13.2. The van der Waals surface area contributed by atoms with E-state index in [2.05, 4.69) is 39.9 Å². The summed E-state index contributed by atoms with van der Waals surface area (Å²) in [6, 6.07) is 0. The zero-order valence-corrected chi connectivity index (χ0v) is 11.3. The predicted octanol–water partition coefficient (Wildman–Crippen LogP) is 2.08. The van der Waals surface area contributed by atoms with Crippen LogP contribution in [0.4, 0.5) is 0 Å². The zero-order valence-electron chi connectivity index (χ0n) is 11.3. The molecule has 3 heteroatoms. The maximum Gasteiger partial charge on any atom is 0.0689 e. The van der Waals surface area contributed by atoms with Crippen molar-refractivity contribution in [2.24, 2.45) is 0 Å². The van der Waals surface area contributed by atoms with Crippen LogP contribution in [0, 0.1) is 0 Å². The van der Waals surface area contributed by atoms with Crippen LogP contribution in [0.1, 0.15) is 53.9 Å². The van der Waals surface area contributed by atoms with E-state index in [0.29, 0.717) is 6.54 Å². The third-order valence-electron chi connectivity index (χ3n) is 2.96. The van der Waals surface area contributed by atoms with Gasteiger partial charge in [-0.1, -0.05) is 0 Å². The molecule has 2 N–H and O–H groups in total. The first-order chi connectivity index (χ1) is 7.18. The molecule has 1 rings (SSSR count). The minimum absolute atomic E-state index is 0.00183. The Balaban J connectivity index is 2.23. The second kappa shape index (κ2) is 5.03. The molecule has 0 amide bonds. The van der Waals surface area contributed by atoms with Gasteiger partial charge in [0.15, 0.2) is 0 Å². The van der Waals surface area contributed by atoms with Gasteiger partial charge in [0, 0.05) is 18.5 Å². The van der Waals surface area contributed by atoms with Crippen molar-refractivity contribution in [2.75, 3.05) is 6.54 Å². The van der Waals surface area contributed by atoms with E-state index in [9.17, 15) is 5.11 Å². The first-order valence-corrected chi connectivity index (χ1v) is 6.29. The SMILES string of the molecule is CC(C)(C)NCC(O)CC1CCC(C)(C)O1. The molecule has 96 valence electrons. The maximum absolute atomic E-state index is 9.90. The monoisotopic (exact) mass is 229 g/mol. The van der Waals surface area contributed by atoms with Gasteiger partial charge in [-0.05, 0) is 47.5 Å². The van der Waals surface area contributed by atoms with E-state index in [-0.39, 0.29) is 23.3 Å². The lowest BCUT2D eigenvalue weighted by Crippen LogP contribution is -2.41. The highest BCUT2D eigenvalue weighted by molar-refractivity contribution is 4.83. The second-order valence-corrected chi connectivity index (χ2v) is 6.56. The quantitative estimate of drug-likeness (QED) is 0.775. The average Bonchev–Trinajstić information content (AvgIpc) is 2.41. The highest BCUT2D eigenvalue weighted by Crippen LogP contribution is 2.31. The number of β-amino-alcohol motifs (C(OH)–C–C–N with tert-alkyl or cyclic N) is 1. The molecule has 1 aliphatic rings. The highest BCUT2D eigenvalue weighted by Gasteiger charge is 2.32. The Morgan fingerprint density at radius 1 is 1.44 bits per heavy atom. The molecule has 0 radical (unpaired) electrons. The maximum atomic E-state index is 9.90. The molecule has 1 saturated heterocycles. The summed E-state index contributed by atoms with van der Waals surface area (Å²) in [7, 11) is 0. The van der Waals surface area contributed by atoms with E-state index in [4.69, 9.17) is 4.74 Å². The number of ether oxygens (including phenoxy) is 1. The third kappa shape index (κ3) is 5.28. The van der Waals surface area contributed by atoms with Gasteiger partial charge in [-0.2, -0.15) is 0 Å². The molecule has 0 spiro atoms. The van der Waals surface area contributed by atoms with E-state index in [0.717, 1.165) is 19.3 Å². The van der Waals surface area contributed by atoms with Gasteiger partial charge in [0.05, 0.1) is 17.8 Å². The lowest BCUT2D eigenvalue weighted by molar-refractivity contribution is -0.0348. The Morgan fingerprint density at radius 3 is 2.50 bits per heavy atom. The number of hydrogen-bond acceptors (Lipinski definition) is 3. The lowest BCUT2D eigenvalue weighted by atomic mass is 10.0. The summed E-state index contributed by atoms with van der Waals surface area (Å²) < 4.78 is 5.86. The van der Waals surface area contributed by atoms with Gasteiger partial charge in [-0.25, -0.2) is 0 Å². The minimum Gasteiger partial charge on any atom is -0.392 e. The van der Waals surface area contributed by atoms with Gasteiger partial charge in [0.1, 0.15) is 0 Å². The van der Waals surface area contributed by atoms with Crippen molar-refractivity contribution in [3.8, 4) is 0 Å². The van der Waals surface area contributed by atoms with E-state index in [1.54, 1.807) is 0 Å². The Morgan fingerprint density at radius 2 is 2.06 bits per heavy atom. The second-order valence-electron chi connectivity index (χ2n) is 6.56. The number of aliphatic hydroxyl groups is 1. The third-order valence-corrected chi connectivity index (χ3v) is 2.96. The molecule has 1 aliphatic heterocycles. The first-order valence-electron chi connectivity index (χ1n) is 6.29. The van der Waals surface area contributed by atoms with Crippen molar-refractivity contribution in [1.82, 2.24) is 5.32 Å². The van der Waals surface area contributed by atoms with Crippen LogP contribution in [0.3, 0.4) is 0 Å². The van der Waals surface area contributed by atoms with Gasteiger partial charge >= 0.3 is 0 Å². The molecule has 16 heavy (non-hydrogen) atoms. The molecule has 2 unspecified atom stereocenters. The molecule has 3 nitrogen and oxygen atoms in total. The molecule has 0 saturated carbocycles. The zero-order chi connectivity index (χ0) is 12.4. The van der Waals surface area contributed by atoms with E-state index < -0.39 is 0 Å². The fraction of sp³-hybridized carbons (Fsp3) is 1.00. The summed E-state index contributed by atoms with van der Waals surface area (Å²) >= 11 is 0. The van der Waals surface area contributed by atoms with Gasteiger partial charge in [0.2, 0.25) is 0 Å². The van der Waals surface area contributed by atoms with Crippen LogP contribution < -0.4 is 5.32 Å². The number of rotatable bonds is 4. The van der Waals surface area contributed by atoms with Crippen LogP contribution in [0.2, 0.25) is 0 Å². The van der Waals surface area contributed by atoms with Crippen LogP contribution in [0.25, 0.3) is 0 Å². The predicted molar refractivity (Wildman–Crippen MR) is 66.6 cm³/mol. The molecule has 1 heterocycles. The summed E-state index contributed by atoms with van der Waals surface area (Å²) in [6.45, 7) is 11.2.